The minimum Gasteiger partial charge on any atom is -0.508 e. The number of hydrogen-bond acceptors (Lipinski definition) is 3. The lowest BCUT2D eigenvalue weighted by Crippen LogP contribution is -1.99. The summed E-state index contributed by atoms with van der Waals surface area (Å²) in [5, 5.41) is 29.6. The second-order valence-electron chi connectivity index (χ2n) is 4.50. The molecule has 0 radical (unpaired) electrons. The average Bonchev–Trinajstić information content (AvgIpc) is 2.92. The van der Waals surface area contributed by atoms with Crippen molar-refractivity contribution in [2.45, 2.75) is 13.0 Å². The van der Waals surface area contributed by atoms with Crippen LogP contribution < -0.4 is 0 Å². The van der Waals surface area contributed by atoms with E-state index in [1.165, 1.54) is 16.7 Å². The van der Waals surface area contributed by atoms with Crippen LogP contribution in [0.5, 0.6) is 17.5 Å². The average molecular weight is 258 g/mol. The molecule has 2 heterocycles. The number of phenols is 1. The Kier molecular flexibility index (Phi) is 2.59. The second kappa shape index (κ2) is 4.28. The first-order valence-corrected chi connectivity index (χ1v) is 6.01. The normalized spacial score (nSPS) is 11.2. The number of hydrogen-bond donors (Lipinski definition) is 4. The fourth-order valence-corrected chi connectivity index (χ4v) is 2.28. The summed E-state index contributed by atoms with van der Waals surface area (Å²) in [4.78, 5) is 3.13. The van der Waals surface area contributed by atoms with Gasteiger partial charge in [-0.15, -0.1) is 0 Å². The number of benzene rings is 1. The maximum Gasteiger partial charge on any atom is 0.193 e. The van der Waals surface area contributed by atoms with Gasteiger partial charge in [0.05, 0.1) is 0 Å². The van der Waals surface area contributed by atoms with Crippen molar-refractivity contribution in [1.82, 2.24) is 9.55 Å². The van der Waals surface area contributed by atoms with Crippen LogP contribution in [-0.2, 0) is 13.0 Å². The Hall–Kier alpha value is -2.56. The molecular formula is C14H14N2O3. The molecule has 3 aromatic rings. The van der Waals surface area contributed by atoms with Crippen molar-refractivity contribution in [3.63, 3.8) is 0 Å². The predicted molar refractivity (Wildman–Crippen MR) is 71.4 cm³/mol. The van der Waals surface area contributed by atoms with Crippen LogP contribution in [0.4, 0.5) is 0 Å². The fraction of sp³-hybridized carbons (Fsp3) is 0.143. The van der Waals surface area contributed by atoms with Gasteiger partial charge in [0.1, 0.15) is 5.75 Å². The van der Waals surface area contributed by atoms with Crippen LogP contribution in [0.2, 0.25) is 0 Å². The second-order valence-corrected chi connectivity index (χ2v) is 4.50. The highest BCUT2D eigenvalue weighted by atomic mass is 16.3. The van der Waals surface area contributed by atoms with E-state index in [-0.39, 0.29) is 17.5 Å². The Balaban J connectivity index is 1.88. The molecule has 5 heteroatoms. The number of nitrogens with one attached hydrogen (secondary N) is 1. The number of rotatable bonds is 3. The van der Waals surface area contributed by atoms with E-state index in [0.29, 0.717) is 13.0 Å². The molecule has 0 aliphatic carbocycles. The van der Waals surface area contributed by atoms with E-state index in [4.69, 9.17) is 0 Å². The van der Waals surface area contributed by atoms with Crippen molar-refractivity contribution in [1.29, 1.82) is 0 Å². The summed E-state index contributed by atoms with van der Waals surface area (Å²) in [5.74, 6) is 0.306. The van der Waals surface area contributed by atoms with E-state index < -0.39 is 0 Å². The van der Waals surface area contributed by atoms with Crippen molar-refractivity contribution in [2.75, 3.05) is 0 Å². The van der Waals surface area contributed by atoms with Gasteiger partial charge in [0, 0.05) is 35.8 Å². The van der Waals surface area contributed by atoms with Crippen LogP contribution in [0.25, 0.3) is 10.9 Å². The van der Waals surface area contributed by atoms with Gasteiger partial charge in [0.25, 0.3) is 0 Å². The van der Waals surface area contributed by atoms with E-state index >= 15 is 0 Å². The molecule has 19 heavy (non-hydrogen) atoms. The minimum atomic E-state index is 0.0418. The molecule has 0 bridgehead atoms. The number of fused-ring (bicyclic) bond motifs is 1. The lowest BCUT2D eigenvalue weighted by Gasteiger charge is -2.06. The molecule has 0 fully saturated rings. The first-order chi connectivity index (χ1) is 9.15. The molecule has 98 valence electrons. The van der Waals surface area contributed by atoms with Gasteiger partial charge in [-0.25, -0.2) is 0 Å². The molecule has 5 nitrogen and oxygen atoms in total. The Labute approximate surface area is 109 Å². The fourth-order valence-electron chi connectivity index (χ4n) is 2.28. The zero-order chi connectivity index (χ0) is 13.4. The summed E-state index contributed by atoms with van der Waals surface area (Å²) >= 11 is 0. The summed E-state index contributed by atoms with van der Waals surface area (Å²) in [6.07, 6.45) is 2.51. The summed E-state index contributed by atoms with van der Waals surface area (Å²) in [5.41, 5.74) is 1.98. The molecule has 0 saturated heterocycles. The standard InChI is InChI=1S/C14H14N2O3/c17-10-1-2-12-11(7-10)9(8-15-12)5-6-16-13(18)3-4-14(16)19/h1-4,7-8,15,17-19H,5-6H2. The van der Waals surface area contributed by atoms with Gasteiger partial charge in [0.2, 0.25) is 0 Å². The maximum atomic E-state index is 9.57. The van der Waals surface area contributed by atoms with Crippen LogP contribution in [0.1, 0.15) is 5.56 Å². The number of aryl methyl sites for hydroxylation is 1. The van der Waals surface area contributed by atoms with Gasteiger partial charge in [-0.2, -0.15) is 0 Å². The predicted octanol–water partition coefficient (Wildman–Crippen LogP) is 2.33. The van der Waals surface area contributed by atoms with Crippen molar-refractivity contribution < 1.29 is 15.3 Å². The molecule has 3 rings (SSSR count). The lowest BCUT2D eigenvalue weighted by atomic mass is 10.1. The van der Waals surface area contributed by atoms with Gasteiger partial charge < -0.3 is 20.3 Å². The number of phenolic OH excluding ortho intramolecular Hbond substituents is 1. The molecular weight excluding hydrogens is 244 g/mol. The topological polar surface area (TPSA) is 81.4 Å². The Morgan fingerprint density at radius 2 is 1.74 bits per heavy atom. The molecule has 1 aromatic carbocycles. The zero-order valence-electron chi connectivity index (χ0n) is 10.2. The molecule has 0 unspecified atom stereocenters. The number of H-pyrrole nitrogens is 1. The number of aromatic nitrogens is 2. The van der Waals surface area contributed by atoms with Crippen molar-refractivity contribution in [3.05, 3.63) is 42.1 Å². The van der Waals surface area contributed by atoms with E-state index in [9.17, 15) is 15.3 Å². The minimum absolute atomic E-state index is 0.0418. The van der Waals surface area contributed by atoms with Gasteiger partial charge >= 0.3 is 0 Å². The number of nitrogens with zero attached hydrogens (tertiary/aromatic N) is 1. The SMILES string of the molecule is Oc1ccc2[nH]cc(CCn3c(O)ccc3O)c2c1. The van der Waals surface area contributed by atoms with Gasteiger partial charge in [-0.05, 0) is 30.2 Å². The first kappa shape index (κ1) is 11.5. The summed E-state index contributed by atoms with van der Waals surface area (Å²) < 4.78 is 1.43. The van der Waals surface area contributed by atoms with Crippen molar-refractivity contribution >= 4 is 10.9 Å². The van der Waals surface area contributed by atoms with E-state index in [0.717, 1.165) is 16.5 Å². The lowest BCUT2D eigenvalue weighted by molar-refractivity contribution is 0.368. The third kappa shape index (κ3) is 1.99. The highest BCUT2D eigenvalue weighted by molar-refractivity contribution is 5.84. The van der Waals surface area contributed by atoms with Crippen molar-refractivity contribution in [2.24, 2.45) is 0 Å². The van der Waals surface area contributed by atoms with E-state index in [1.54, 1.807) is 12.1 Å². The highest BCUT2D eigenvalue weighted by Crippen LogP contribution is 2.25. The van der Waals surface area contributed by atoms with E-state index in [2.05, 4.69) is 4.98 Å². The maximum absolute atomic E-state index is 9.57. The Morgan fingerprint density at radius 1 is 1.00 bits per heavy atom. The van der Waals surface area contributed by atoms with Crippen molar-refractivity contribution in [3.8, 4) is 17.5 Å². The Morgan fingerprint density at radius 3 is 2.47 bits per heavy atom. The molecule has 0 aliphatic rings. The summed E-state index contributed by atoms with van der Waals surface area (Å²) in [6, 6.07) is 8.06. The quantitative estimate of drug-likeness (QED) is 0.582. The molecule has 0 amide bonds. The molecule has 4 N–H and O–H groups in total. The van der Waals surface area contributed by atoms with Crippen LogP contribution in [0, 0.1) is 0 Å². The molecule has 0 spiro atoms. The molecule has 0 saturated carbocycles. The zero-order valence-corrected chi connectivity index (χ0v) is 10.2. The van der Waals surface area contributed by atoms with Crippen LogP contribution in [-0.4, -0.2) is 24.9 Å². The number of aromatic hydroxyl groups is 3. The summed E-state index contributed by atoms with van der Waals surface area (Å²) in [6.45, 7) is 0.466. The number of aromatic amines is 1. The van der Waals surface area contributed by atoms with Crippen LogP contribution in [0.3, 0.4) is 0 Å². The largest absolute Gasteiger partial charge is 0.508 e. The van der Waals surface area contributed by atoms with Gasteiger partial charge in [0.15, 0.2) is 11.8 Å². The monoisotopic (exact) mass is 258 g/mol. The molecule has 2 aromatic heterocycles. The third-order valence-electron chi connectivity index (χ3n) is 3.29. The smallest absolute Gasteiger partial charge is 0.193 e. The Bertz CT molecular complexity index is 708. The third-order valence-corrected chi connectivity index (χ3v) is 3.29. The molecule has 0 atom stereocenters. The van der Waals surface area contributed by atoms with Gasteiger partial charge in [-0.1, -0.05) is 0 Å². The van der Waals surface area contributed by atoms with E-state index in [1.807, 2.05) is 12.3 Å². The molecule has 0 aliphatic heterocycles. The first-order valence-electron chi connectivity index (χ1n) is 6.01. The van der Waals surface area contributed by atoms with Crippen LogP contribution in [0.15, 0.2) is 36.5 Å². The summed E-state index contributed by atoms with van der Waals surface area (Å²) in [7, 11) is 0. The van der Waals surface area contributed by atoms with Crippen LogP contribution >= 0.6 is 0 Å². The van der Waals surface area contributed by atoms with Gasteiger partial charge in [-0.3, -0.25) is 4.57 Å². The highest BCUT2D eigenvalue weighted by Gasteiger charge is 2.08.